The van der Waals surface area contributed by atoms with Gasteiger partial charge < -0.3 is 10.1 Å². The lowest BCUT2D eigenvalue weighted by Crippen LogP contribution is -2.58. The monoisotopic (exact) mass is 331 g/mol. The Balaban J connectivity index is 1.71. The van der Waals surface area contributed by atoms with E-state index in [1.807, 2.05) is 12.1 Å². The van der Waals surface area contributed by atoms with Crippen molar-refractivity contribution in [3.8, 4) is 0 Å². The van der Waals surface area contributed by atoms with Crippen molar-refractivity contribution in [3.05, 3.63) is 35.6 Å². The predicted molar refractivity (Wildman–Crippen MR) is 89.7 cm³/mol. The van der Waals surface area contributed by atoms with Gasteiger partial charge in [0.05, 0.1) is 6.10 Å². The minimum atomic E-state index is -0.213. The molecule has 5 atom stereocenters. The Morgan fingerprint density at radius 2 is 2.00 bits per heavy atom. The molecule has 1 heterocycles. The highest BCUT2D eigenvalue weighted by Gasteiger charge is 2.68. The molecule has 1 aliphatic heterocycles. The maximum atomic E-state index is 13.3. The van der Waals surface area contributed by atoms with Gasteiger partial charge >= 0.3 is 0 Å². The molecular formula is C20H26FNO2. The van der Waals surface area contributed by atoms with Gasteiger partial charge in [-0.05, 0) is 59.6 Å². The largest absolute Gasteiger partial charge is 0.373 e. The third-order valence-corrected chi connectivity index (χ3v) is 7.05. The fourth-order valence-electron chi connectivity index (χ4n) is 5.97. The Bertz CT molecular complexity index is 656. The normalized spacial score (nSPS) is 39.5. The minimum Gasteiger partial charge on any atom is -0.373 e. The molecule has 3 fully saturated rings. The average Bonchev–Trinajstić information content (AvgIpc) is 3.01. The molecule has 2 bridgehead atoms. The first kappa shape index (κ1) is 16.1. The second-order valence-electron chi connectivity index (χ2n) is 8.52. The van der Waals surface area contributed by atoms with E-state index >= 15 is 0 Å². The van der Waals surface area contributed by atoms with E-state index in [0.29, 0.717) is 18.4 Å². The smallest absolute Gasteiger partial charge is 0.217 e. The van der Waals surface area contributed by atoms with Crippen LogP contribution in [0.2, 0.25) is 0 Å². The number of amides is 1. The third kappa shape index (κ3) is 2.15. The number of fused-ring (bicyclic) bond motifs is 1. The molecular weight excluding hydrogens is 305 g/mol. The fraction of sp³-hybridized carbons (Fsp3) is 0.650. The van der Waals surface area contributed by atoms with E-state index in [0.717, 1.165) is 24.8 Å². The highest BCUT2D eigenvalue weighted by atomic mass is 19.1. The Morgan fingerprint density at radius 1 is 1.29 bits per heavy atom. The number of carbonyl (C=O) groups excluding carboxylic acids is 1. The summed E-state index contributed by atoms with van der Waals surface area (Å²) in [5, 5.41) is 3.28. The molecule has 1 amide bonds. The Hall–Kier alpha value is -1.42. The maximum absolute atomic E-state index is 13.3. The zero-order valence-corrected chi connectivity index (χ0v) is 14.6. The molecule has 1 N–H and O–H groups in total. The van der Waals surface area contributed by atoms with Gasteiger partial charge in [-0.1, -0.05) is 26.0 Å². The van der Waals surface area contributed by atoms with Crippen molar-refractivity contribution in [2.24, 2.45) is 22.7 Å². The Morgan fingerprint density at radius 3 is 2.67 bits per heavy atom. The zero-order chi connectivity index (χ0) is 17.1. The summed E-state index contributed by atoms with van der Waals surface area (Å²) in [6.07, 6.45) is 3.30. The van der Waals surface area contributed by atoms with Gasteiger partial charge in [0.1, 0.15) is 5.82 Å². The van der Waals surface area contributed by atoms with Crippen LogP contribution < -0.4 is 5.32 Å². The summed E-state index contributed by atoms with van der Waals surface area (Å²) < 4.78 is 19.4. The summed E-state index contributed by atoms with van der Waals surface area (Å²) in [6.45, 7) is 6.92. The van der Waals surface area contributed by atoms with E-state index in [-0.39, 0.29) is 34.7 Å². The number of benzene rings is 1. The van der Waals surface area contributed by atoms with Gasteiger partial charge in [-0.3, -0.25) is 4.79 Å². The van der Waals surface area contributed by atoms with Crippen molar-refractivity contribution >= 4 is 5.91 Å². The molecule has 0 radical (unpaired) electrons. The van der Waals surface area contributed by atoms with E-state index in [1.165, 1.54) is 12.1 Å². The van der Waals surface area contributed by atoms with Crippen molar-refractivity contribution in [2.75, 3.05) is 6.61 Å². The van der Waals surface area contributed by atoms with E-state index in [2.05, 4.69) is 19.2 Å². The maximum Gasteiger partial charge on any atom is 0.217 e. The molecule has 2 aliphatic carbocycles. The molecule has 1 aromatic rings. The van der Waals surface area contributed by atoms with Gasteiger partial charge in [0, 0.05) is 19.6 Å². The standard InChI is InChI=1S/C20H26FNO2/c1-12(23)22-18-19(2,3)14-10-16-17(13-4-6-15(21)7-5-13)24-9-8-20(16,18)11-14/h4-7,14,16-18H,8-11H2,1-3H3,(H,22,23)/t14-,16-,17-,18+,20-/m1/s1. The fourth-order valence-corrected chi connectivity index (χ4v) is 5.97. The third-order valence-electron chi connectivity index (χ3n) is 7.05. The number of carbonyl (C=O) groups is 1. The second-order valence-corrected chi connectivity index (χ2v) is 8.52. The van der Waals surface area contributed by atoms with E-state index in [4.69, 9.17) is 4.74 Å². The molecule has 1 saturated heterocycles. The van der Waals surface area contributed by atoms with Crippen molar-refractivity contribution < 1.29 is 13.9 Å². The lowest BCUT2D eigenvalue weighted by atomic mass is 9.59. The number of rotatable bonds is 2. The van der Waals surface area contributed by atoms with Crippen molar-refractivity contribution in [1.82, 2.24) is 5.32 Å². The van der Waals surface area contributed by atoms with Crippen molar-refractivity contribution in [1.29, 1.82) is 0 Å². The lowest BCUT2D eigenvalue weighted by molar-refractivity contribution is -0.136. The van der Waals surface area contributed by atoms with Crippen LogP contribution in [0.4, 0.5) is 4.39 Å². The molecule has 24 heavy (non-hydrogen) atoms. The molecule has 1 aromatic carbocycles. The van der Waals surface area contributed by atoms with Crippen molar-refractivity contribution in [3.63, 3.8) is 0 Å². The van der Waals surface area contributed by atoms with Gasteiger partial charge in [-0.2, -0.15) is 0 Å². The SMILES string of the molecule is CC(=O)N[C@H]1C(C)(C)[C@@H]2C[C@@H]3[C@@H](c4ccc(F)cc4)OCC[C@@]31C2. The lowest BCUT2D eigenvalue weighted by Gasteiger charge is -2.53. The summed E-state index contributed by atoms with van der Waals surface area (Å²) in [5.41, 5.74) is 1.29. The first-order valence-corrected chi connectivity index (χ1v) is 8.99. The minimum absolute atomic E-state index is 0.0108. The van der Waals surface area contributed by atoms with E-state index in [9.17, 15) is 9.18 Å². The quantitative estimate of drug-likeness (QED) is 0.894. The highest BCUT2D eigenvalue weighted by Crippen LogP contribution is 2.70. The second kappa shape index (κ2) is 5.29. The van der Waals surface area contributed by atoms with Crippen molar-refractivity contribution in [2.45, 2.75) is 52.2 Å². The number of ether oxygens (including phenoxy) is 1. The number of nitrogens with one attached hydrogen (secondary N) is 1. The Labute approximate surface area is 143 Å². The number of halogens is 1. The summed E-state index contributed by atoms with van der Waals surface area (Å²) in [4.78, 5) is 11.8. The predicted octanol–water partition coefficient (Wildman–Crippen LogP) is 3.84. The van der Waals surface area contributed by atoms with Crippen LogP contribution in [-0.2, 0) is 9.53 Å². The molecule has 4 rings (SSSR count). The van der Waals surface area contributed by atoms with Gasteiger partial charge in [0.2, 0.25) is 5.91 Å². The summed E-state index contributed by atoms with van der Waals surface area (Å²) in [7, 11) is 0. The number of hydrogen-bond donors (Lipinski definition) is 1. The first-order valence-electron chi connectivity index (χ1n) is 8.99. The topological polar surface area (TPSA) is 38.3 Å². The number of hydrogen-bond acceptors (Lipinski definition) is 2. The van der Waals surface area contributed by atoms with Crippen LogP contribution in [0.25, 0.3) is 0 Å². The van der Waals surface area contributed by atoms with E-state index in [1.54, 1.807) is 6.92 Å². The highest BCUT2D eigenvalue weighted by molar-refractivity contribution is 5.73. The van der Waals surface area contributed by atoms with Gasteiger partial charge in [0.25, 0.3) is 0 Å². The van der Waals surface area contributed by atoms with Crippen LogP contribution in [0.3, 0.4) is 0 Å². The Kier molecular flexibility index (Phi) is 3.54. The van der Waals surface area contributed by atoms with Gasteiger partial charge in [-0.25, -0.2) is 4.39 Å². The van der Waals surface area contributed by atoms with Crippen LogP contribution in [0, 0.1) is 28.5 Å². The van der Waals surface area contributed by atoms with Gasteiger partial charge in [-0.15, -0.1) is 0 Å². The van der Waals surface area contributed by atoms with Crippen LogP contribution in [-0.4, -0.2) is 18.6 Å². The molecule has 0 aromatic heterocycles. The van der Waals surface area contributed by atoms with Gasteiger partial charge in [0.15, 0.2) is 0 Å². The molecule has 130 valence electrons. The van der Waals surface area contributed by atoms with Crippen LogP contribution >= 0.6 is 0 Å². The van der Waals surface area contributed by atoms with Crippen LogP contribution in [0.15, 0.2) is 24.3 Å². The summed E-state index contributed by atoms with van der Waals surface area (Å²) in [6, 6.07) is 6.93. The molecule has 0 unspecified atom stereocenters. The summed E-state index contributed by atoms with van der Waals surface area (Å²) >= 11 is 0. The molecule has 3 aliphatic rings. The van der Waals surface area contributed by atoms with E-state index < -0.39 is 0 Å². The van der Waals surface area contributed by atoms with Crippen LogP contribution in [0.5, 0.6) is 0 Å². The summed E-state index contributed by atoms with van der Waals surface area (Å²) in [5.74, 6) is 0.837. The molecule has 1 spiro atoms. The average molecular weight is 331 g/mol. The first-order chi connectivity index (χ1) is 11.3. The molecule has 4 heteroatoms. The van der Waals surface area contributed by atoms with Crippen LogP contribution in [0.1, 0.15) is 51.7 Å². The zero-order valence-electron chi connectivity index (χ0n) is 14.6. The molecule has 3 nitrogen and oxygen atoms in total. The molecule has 2 saturated carbocycles.